The highest BCUT2D eigenvalue weighted by Crippen LogP contribution is 2.30. The van der Waals surface area contributed by atoms with Crippen LogP contribution in [-0.4, -0.2) is 32.6 Å². The van der Waals surface area contributed by atoms with E-state index in [4.69, 9.17) is 9.47 Å². The van der Waals surface area contributed by atoms with Gasteiger partial charge < -0.3 is 19.7 Å². The largest absolute Gasteiger partial charge is 0.493 e. The van der Waals surface area contributed by atoms with Crippen LogP contribution >= 0.6 is 0 Å². The number of ether oxygens (including phenoxy) is 2. The number of hydrogen-bond acceptors (Lipinski definition) is 4. The Morgan fingerprint density at radius 3 is 2.48 bits per heavy atom. The van der Waals surface area contributed by atoms with Gasteiger partial charge in [0.15, 0.2) is 11.5 Å². The van der Waals surface area contributed by atoms with Crippen LogP contribution in [0.4, 0.5) is 5.69 Å². The Bertz CT molecular complexity index is 1190. The van der Waals surface area contributed by atoms with Gasteiger partial charge in [-0.15, -0.1) is 0 Å². The minimum atomic E-state index is -0.0704. The molecule has 0 aliphatic carbocycles. The summed E-state index contributed by atoms with van der Waals surface area (Å²) in [6, 6.07) is 19.2. The number of aryl methyl sites for hydroxylation is 1. The molecule has 1 heterocycles. The predicted octanol–water partition coefficient (Wildman–Crippen LogP) is 4.07. The normalized spacial score (nSPS) is 12.3. The molecule has 0 atom stereocenters. The molecule has 0 radical (unpaired) electrons. The molecule has 1 aliphatic heterocycles. The second kappa shape index (κ2) is 9.77. The van der Waals surface area contributed by atoms with Crippen LogP contribution in [0.1, 0.15) is 32.6 Å². The van der Waals surface area contributed by atoms with Gasteiger partial charge in [0, 0.05) is 24.3 Å². The Morgan fingerprint density at radius 2 is 1.73 bits per heavy atom. The molecule has 170 valence electrons. The summed E-state index contributed by atoms with van der Waals surface area (Å²) in [5.41, 5.74) is 5.71. The van der Waals surface area contributed by atoms with E-state index in [-0.39, 0.29) is 18.2 Å². The van der Waals surface area contributed by atoms with Crippen molar-refractivity contribution >= 4 is 17.5 Å². The van der Waals surface area contributed by atoms with Crippen LogP contribution in [-0.2, 0) is 24.2 Å². The zero-order valence-corrected chi connectivity index (χ0v) is 19.2. The zero-order chi connectivity index (χ0) is 23.4. The standard InChI is InChI=1S/C27H28N2O4/c1-18-5-4-6-22(13-18)27(31)29-12-11-21-14-20(7-9-23(21)29)17-28-26(30)16-19-8-10-24(32-2)25(15-19)33-3/h4-10,13-15H,11-12,16-17H2,1-3H3,(H,28,30). The van der Waals surface area contributed by atoms with Crippen LogP contribution in [0.25, 0.3) is 0 Å². The Hall–Kier alpha value is -3.80. The van der Waals surface area contributed by atoms with Gasteiger partial charge in [-0.2, -0.15) is 0 Å². The van der Waals surface area contributed by atoms with Gasteiger partial charge >= 0.3 is 0 Å². The molecule has 2 amide bonds. The van der Waals surface area contributed by atoms with Crippen molar-refractivity contribution in [1.29, 1.82) is 0 Å². The summed E-state index contributed by atoms with van der Waals surface area (Å²) >= 11 is 0. The van der Waals surface area contributed by atoms with Crippen LogP contribution < -0.4 is 19.7 Å². The molecule has 6 heteroatoms. The first-order valence-electron chi connectivity index (χ1n) is 11.0. The van der Waals surface area contributed by atoms with E-state index in [1.54, 1.807) is 20.3 Å². The molecular formula is C27H28N2O4. The van der Waals surface area contributed by atoms with E-state index in [2.05, 4.69) is 11.4 Å². The molecule has 3 aromatic carbocycles. The van der Waals surface area contributed by atoms with Gasteiger partial charge in [0.25, 0.3) is 5.91 Å². The first-order chi connectivity index (χ1) is 16.0. The highest BCUT2D eigenvalue weighted by Gasteiger charge is 2.25. The van der Waals surface area contributed by atoms with Crippen LogP contribution in [0.2, 0.25) is 0 Å². The van der Waals surface area contributed by atoms with Gasteiger partial charge in [0.05, 0.1) is 20.6 Å². The van der Waals surface area contributed by atoms with E-state index in [0.717, 1.165) is 34.4 Å². The van der Waals surface area contributed by atoms with E-state index in [0.29, 0.717) is 30.2 Å². The van der Waals surface area contributed by atoms with Gasteiger partial charge in [-0.25, -0.2) is 0 Å². The number of hydrogen-bond donors (Lipinski definition) is 1. The fraction of sp³-hybridized carbons (Fsp3) is 0.259. The molecule has 3 aromatic rings. The first-order valence-corrected chi connectivity index (χ1v) is 11.0. The monoisotopic (exact) mass is 444 g/mol. The summed E-state index contributed by atoms with van der Waals surface area (Å²) in [5, 5.41) is 2.98. The number of rotatable bonds is 7. The molecule has 33 heavy (non-hydrogen) atoms. The quantitative estimate of drug-likeness (QED) is 0.597. The highest BCUT2D eigenvalue weighted by molar-refractivity contribution is 6.07. The van der Waals surface area contributed by atoms with Gasteiger partial charge in [-0.05, 0) is 60.4 Å². The Balaban J connectivity index is 1.38. The summed E-state index contributed by atoms with van der Waals surface area (Å²) in [6.07, 6.45) is 1.06. The Labute approximate surface area is 194 Å². The highest BCUT2D eigenvalue weighted by atomic mass is 16.5. The second-order valence-corrected chi connectivity index (χ2v) is 8.18. The molecule has 0 saturated heterocycles. The molecule has 1 N–H and O–H groups in total. The topological polar surface area (TPSA) is 67.9 Å². The number of amides is 2. The third kappa shape index (κ3) is 5.00. The average molecular weight is 445 g/mol. The van der Waals surface area contributed by atoms with Crippen molar-refractivity contribution in [2.45, 2.75) is 26.3 Å². The number of anilines is 1. The maximum Gasteiger partial charge on any atom is 0.258 e. The molecule has 0 spiro atoms. The van der Waals surface area contributed by atoms with Gasteiger partial charge in [-0.1, -0.05) is 35.9 Å². The molecule has 0 aromatic heterocycles. The fourth-order valence-corrected chi connectivity index (χ4v) is 4.15. The summed E-state index contributed by atoms with van der Waals surface area (Å²) < 4.78 is 10.5. The van der Waals surface area contributed by atoms with Gasteiger partial charge in [0.1, 0.15) is 0 Å². The molecule has 0 bridgehead atoms. The summed E-state index contributed by atoms with van der Waals surface area (Å²) in [5.74, 6) is 1.19. The van der Waals surface area contributed by atoms with Crippen LogP contribution in [0.15, 0.2) is 60.7 Å². The maximum absolute atomic E-state index is 13.0. The SMILES string of the molecule is COc1ccc(CC(=O)NCc2ccc3c(c2)CCN3C(=O)c2cccc(C)c2)cc1OC. The molecule has 0 unspecified atom stereocenters. The number of benzene rings is 3. The van der Waals surface area contributed by atoms with Crippen LogP contribution in [0.5, 0.6) is 11.5 Å². The molecular weight excluding hydrogens is 416 g/mol. The molecule has 0 saturated carbocycles. The number of carbonyl (C=O) groups is 2. The van der Waals surface area contributed by atoms with Crippen molar-refractivity contribution in [3.05, 3.63) is 88.5 Å². The average Bonchev–Trinajstić information content (AvgIpc) is 3.25. The third-order valence-electron chi connectivity index (χ3n) is 5.85. The first kappa shape index (κ1) is 22.4. The van der Waals surface area contributed by atoms with Gasteiger partial charge in [0.2, 0.25) is 5.91 Å². The summed E-state index contributed by atoms with van der Waals surface area (Å²) in [6.45, 7) is 3.09. The molecule has 4 rings (SSSR count). The van der Waals surface area contributed by atoms with E-state index >= 15 is 0 Å². The predicted molar refractivity (Wildman–Crippen MR) is 128 cm³/mol. The van der Waals surface area contributed by atoms with Crippen molar-refractivity contribution in [3.8, 4) is 11.5 Å². The fourth-order valence-electron chi connectivity index (χ4n) is 4.15. The lowest BCUT2D eigenvalue weighted by Gasteiger charge is -2.18. The molecule has 0 fully saturated rings. The Kier molecular flexibility index (Phi) is 6.63. The number of nitrogens with zero attached hydrogens (tertiary/aromatic N) is 1. The molecule has 6 nitrogen and oxygen atoms in total. The lowest BCUT2D eigenvalue weighted by molar-refractivity contribution is -0.120. The number of nitrogens with one attached hydrogen (secondary N) is 1. The van der Waals surface area contributed by atoms with Crippen molar-refractivity contribution in [2.24, 2.45) is 0 Å². The smallest absolute Gasteiger partial charge is 0.258 e. The van der Waals surface area contributed by atoms with Crippen LogP contribution in [0.3, 0.4) is 0 Å². The van der Waals surface area contributed by atoms with Crippen molar-refractivity contribution < 1.29 is 19.1 Å². The van der Waals surface area contributed by atoms with Crippen molar-refractivity contribution in [1.82, 2.24) is 5.32 Å². The van der Waals surface area contributed by atoms with E-state index in [1.165, 1.54) is 0 Å². The van der Waals surface area contributed by atoms with E-state index in [9.17, 15) is 9.59 Å². The molecule has 1 aliphatic rings. The number of carbonyl (C=O) groups excluding carboxylic acids is 2. The third-order valence-corrected chi connectivity index (χ3v) is 5.85. The maximum atomic E-state index is 13.0. The summed E-state index contributed by atoms with van der Waals surface area (Å²) in [4.78, 5) is 27.3. The second-order valence-electron chi connectivity index (χ2n) is 8.18. The lowest BCUT2D eigenvalue weighted by atomic mass is 10.1. The minimum absolute atomic E-state index is 0.0217. The van der Waals surface area contributed by atoms with Crippen molar-refractivity contribution in [3.63, 3.8) is 0 Å². The minimum Gasteiger partial charge on any atom is -0.493 e. The van der Waals surface area contributed by atoms with Crippen molar-refractivity contribution in [2.75, 3.05) is 25.7 Å². The zero-order valence-electron chi connectivity index (χ0n) is 19.2. The number of fused-ring (bicyclic) bond motifs is 1. The van der Waals surface area contributed by atoms with E-state index in [1.807, 2.05) is 60.4 Å². The van der Waals surface area contributed by atoms with E-state index < -0.39 is 0 Å². The lowest BCUT2D eigenvalue weighted by Crippen LogP contribution is -2.28. The number of methoxy groups -OCH3 is 2. The van der Waals surface area contributed by atoms with Crippen LogP contribution in [0, 0.1) is 6.92 Å². The summed E-state index contributed by atoms with van der Waals surface area (Å²) in [7, 11) is 3.16. The Morgan fingerprint density at radius 1 is 0.939 bits per heavy atom. The van der Waals surface area contributed by atoms with Gasteiger partial charge in [-0.3, -0.25) is 9.59 Å².